The molecule has 5 nitrogen and oxygen atoms in total. The zero-order chi connectivity index (χ0) is 23.1. The molecule has 0 heterocycles. The maximum atomic E-state index is 12.7. The third-order valence-electron chi connectivity index (χ3n) is 4.96. The van der Waals surface area contributed by atoms with Crippen molar-refractivity contribution in [2.45, 2.75) is 32.7 Å². The summed E-state index contributed by atoms with van der Waals surface area (Å²) in [6.45, 7) is 6.78. The first-order valence-electron chi connectivity index (χ1n) is 10.4. The highest BCUT2D eigenvalue weighted by Gasteiger charge is 2.16. The molecule has 0 unspecified atom stereocenters. The van der Waals surface area contributed by atoms with E-state index >= 15 is 0 Å². The minimum atomic E-state index is -0.311. The van der Waals surface area contributed by atoms with E-state index in [0.717, 1.165) is 11.1 Å². The van der Waals surface area contributed by atoms with E-state index < -0.39 is 0 Å². The lowest BCUT2D eigenvalue weighted by atomic mass is 9.87. The number of hydrogen-bond donors (Lipinski definition) is 3. The third kappa shape index (κ3) is 6.25. The van der Waals surface area contributed by atoms with E-state index in [0.29, 0.717) is 23.4 Å². The molecule has 0 bridgehead atoms. The molecule has 0 atom stereocenters. The molecule has 0 saturated heterocycles. The fourth-order valence-corrected chi connectivity index (χ4v) is 3.32. The van der Waals surface area contributed by atoms with Crippen molar-refractivity contribution >= 4 is 34.8 Å². The summed E-state index contributed by atoms with van der Waals surface area (Å²) in [7, 11) is 0. The minimum absolute atomic E-state index is 0.0106. The Labute approximate surface area is 194 Å². The van der Waals surface area contributed by atoms with Gasteiger partial charge >= 0.3 is 0 Å². The van der Waals surface area contributed by atoms with E-state index in [4.69, 9.17) is 12.2 Å². The van der Waals surface area contributed by atoms with Gasteiger partial charge in [0, 0.05) is 12.1 Å². The highest BCUT2D eigenvalue weighted by Crippen LogP contribution is 2.22. The van der Waals surface area contributed by atoms with Crippen LogP contribution in [0, 0.1) is 0 Å². The van der Waals surface area contributed by atoms with Crippen LogP contribution in [-0.2, 0) is 12.0 Å². The van der Waals surface area contributed by atoms with Gasteiger partial charge in [-0.05, 0) is 53.0 Å². The van der Waals surface area contributed by atoms with Crippen LogP contribution in [0.3, 0.4) is 0 Å². The Morgan fingerprint density at radius 1 is 0.812 bits per heavy atom. The Hall–Kier alpha value is -3.51. The van der Waals surface area contributed by atoms with Crippen molar-refractivity contribution < 1.29 is 9.59 Å². The second-order valence-corrected chi connectivity index (χ2v) is 8.86. The molecule has 3 aromatic carbocycles. The van der Waals surface area contributed by atoms with E-state index in [-0.39, 0.29) is 22.3 Å². The number of benzene rings is 3. The Bertz CT molecular complexity index is 1100. The van der Waals surface area contributed by atoms with E-state index in [1.807, 2.05) is 42.5 Å². The number of carbonyl (C=O) groups excluding carboxylic acids is 2. The Balaban J connectivity index is 1.62. The minimum Gasteiger partial charge on any atom is -0.348 e. The van der Waals surface area contributed by atoms with E-state index in [2.05, 4.69) is 36.7 Å². The maximum absolute atomic E-state index is 12.7. The SMILES string of the molecule is CC(C)(C)c1ccc(C(=O)NC(=S)Nc2ccccc2C(=O)NCc2ccccc2)cc1. The number of nitrogens with one attached hydrogen (secondary N) is 3. The van der Waals surface area contributed by atoms with Gasteiger partial charge < -0.3 is 10.6 Å². The second kappa shape index (κ2) is 10.2. The van der Waals surface area contributed by atoms with Crippen molar-refractivity contribution in [1.29, 1.82) is 0 Å². The van der Waals surface area contributed by atoms with Crippen LogP contribution in [0.1, 0.15) is 52.6 Å². The molecular weight excluding hydrogens is 418 g/mol. The topological polar surface area (TPSA) is 70.2 Å². The lowest BCUT2D eigenvalue weighted by molar-refractivity contribution is 0.0950. The quantitative estimate of drug-likeness (QED) is 0.481. The molecule has 0 radical (unpaired) electrons. The van der Waals surface area contributed by atoms with Gasteiger partial charge in [-0.15, -0.1) is 0 Å². The van der Waals surface area contributed by atoms with Gasteiger partial charge in [0.25, 0.3) is 11.8 Å². The molecule has 6 heteroatoms. The van der Waals surface area contributed by atoms with Gasteiger partial charge in [-0.3, -0.25) is 14.9 Å². The summed E-state index contributed by atoms with van der Waals surface area (Å²) in [5.41, 5.74) is 3.63. The van der Waals surface area contributed by atoms with Crippen LogP contribution < -0.4 is 16.0 Å². The van der Waals surface area contributed by atoms with Crippen molar-refractivity contribution in [3.8, 4) is 0 Å². The van der Waals surface area contributed by atoms with Crippen molar-refractivity contribution in [3.05, 3.63) is 101 Å². The van der Waals surface area contributed by atoms with Crippen molar-refractivity contribution in [3.63, 3.8) is 0 Å². The van der Waals surface area contributed by atoms with Crippen LogP contribution in [0.15, 0.2) is 78.9 Å². The summed E-state index contributed by atoms with van der Waals surface area (Å²) in [5, 5.41) is 8.67. The fourth-order valence-electron chi connectivity index (χ4n) is 3.11. The van der Waals surface area contributed by atoms with Crippen molar-refractivity contribution in [1.82, 2.24) is 10.6 Å². The van der Waals surface area contributed by atoms with Gasteiger partial charge in [-0.2, -0.15) is 0 Å². The van der Waals surface area contributed by atoms with Gasteiger partial charge in [0.05, 0.1) is 11.3 Å². The van der Waals surface area contributed by atoms with Crippen LogP contribution in [-0.4, -0.2) is 16.9 Å². The molecule has 0 aliphatic rings. The number of thiocarbonyl (C=S) groups is 1. The smallest absolute Gasteiger partial charge is 0.257 e. The third-order valence-corrected chi connectivity index (χ3v) is 5.16. The predicted octanol–water partition coefficient (Wildman–Crippen LogP) is 5.04. The second-order valence-electron chi connectivity index (χ2n) is 8.45. The Morgan fingerprint density at radius 3 is 2.09 bits per heavy atom. The van der Waals surface area contributed by atoms with Crippen molar-refractivity contribution in [2.24, 2.45) is 0 Å². The standard InChI is InChI=1S/C26H27N3O2S/c1-26(2,3)20-15-13-19(14-16-20)23(30)29-25(32)28-22-12-8-7-11-21(22)24(31)27-17-18-9-5-4-6-10-18/h4-16H,17H2,1-3H3,(H,27,31)(H2,28,29,30,32). The zero-order valence-electron chi connectivity index (χ0n) is 18.4. The van der Waals surface area contributed by atoms with Crippen LogP contribution in [0.5, 0.6) is 0 Å². The summed E-state index contributed by atoms with van der Waals surface area (Å²) >= 11 is 5.31. The monoisotopic (exact) mass is 445 g/mol. The summed E-state index contributed by atoms with van der Waals surface area (Å²) in [6, 6.07) is 24.1. The van der Waals surface area contributed by atoms with Gasteiger partial charge in [0.2, 0.25) is 0 Å². The van der Waals surface area contributed by atoms with E-state index in [1.165, 1.54) is 0 Å². The molecule has 164 valence electrons. The summed E-state index contributed by atoms with van der Waals surface area (Å²) in [4.78, 5) is 25.3. The van der Waals surface area contributed by atoms with Crippen LogP contribution >= 0.6 is 12.2 Å². The molecule has 3 rings (SSSR count). The highest BCUT2D eigenvalue weighted by molar-refractivity contribution is 7.80. The normalized spacial score (nSPS) is 10.8. The van der Waals surface area contributed by atoms with Crippen LogP contribution in [0.25, 0.3) is 0 Å². The molecule has 0 spiro atoms. The lowest BCUT2D eigenvalue weighted by Gasteiger charge is -2.19. The molecule has 0 fully saturated rings. The number of anilines is 1. The van der Waals surface area contributed by atoms with Crippen molar-refractivity contribution in [2.75, 3.05) is 5.32 Å². The summed E-state index contributed by atoms with van der Waals surface area (Å²) in [5.74, 6) is -0.544. The zero-order valence-corrected chi connectivity index (χ0v) is 19.3. The first-order chi connectivity index (χ1) is 15.2. The largest absolute Gasteiger partial charge is 0.348 e. The van der Waals surface area contributed by atoms with Gasteiger partial charge in [-0.25, -0.2) is 0 Å². The molecule has 0 saturated carbocycles. The molecule has 32 heavy (non-hydrogen) atoms. The molecule has 3 aromatic rings. The first kappa shape index (κ1) is 23.2. The van der Waals surface area contributed by atoms with Crippen LogP contribution in [0.4, 0.5) is 5.69 Å². The molecule has 0 aliphatic heterocycles. The number of carbonyl (C=O) groups is 2. The Morgan fingerprint density at radius 2 is 1.44 bits per heavy atom. The predicted molar refractivity (Wildman–Crippen MR) is 133 cm³/mol. The molecular formula is C26H27N3O2S. The fraction of sp³-hybridized carbons (Fsp3) is 0.192. The number of rotatable bonds is 5. The van der Waals surface area contributed by atoms with Crippen LogP contribution in [0.2, 0.25) is 0 Å². The Kier molecular flexibility index (Phi) is 7.38. The van der Waals surface area contributed by atoms with Gasteiger partial charge in [-0.1, -0.05) is 75.4 Å². The molecule has 3 N–H and O–H groups in total. The number of hydrogen-bond acceptors (Lipinski definition) is 3. The maximum Gasteiger partial charge on any atom is 0.257 e. The molecule has 2 amide bonds. The lowest BCUT2D eigenvalue weighted by Crippen LogP contribution is -2.35. The molecule has 0 aliphatic carbocycles. The highest BCUT2D eigenvalue weighted by atomic mass is 32.1. The van der Waals surface area contributed by atoms with Gasteiger partial charge in [0.15, 0.2) is 5.11 Å². The average Bonchev–Trinajstić information content (AvgIpc) is 2.78. The number of amides is 2. The summed E-state index contributed by atoms with van der Waals surface area (Å²) in [6.07, 6.45) is 0. The molecule has 0 aromatic heterocycles. The average molecular weight is 446 g/mol. The summed E-state index contributed by atoms with van der Waals surface area (Å²) < 4.78 is 0. The van der Waals surface area contributed by atoms with E-state index in [9.17, 15) is 9.59 Å². The van der Waals surface area contributed by atoms with Gasteiger partial charge in [0.1, 0.15) is 0 Å². The number of para-hydroxylation sites is 1. The first-order valence-corrected chi connectivity index (χ1v) is 10.8. The van der Waals surface area contributed by atoms with E-state index in [1.54, 1.807) is 36.4 Å².